The summed E-state index contributed by atoms with van der Waals surface area (Å²) in [5.41, 5.74) is 10.5. The Morgan fingerprint density at radius 2 is 2.06 bits per heavy atom. The van der Waals surface area contributed by atoms with Gasteiger partial charge in [0.25, 0.3) is 5.91 Å². The molecular formula is C24H25N7O2. The number of primary amides is 1. The zero-order valence-electron chi connectivity index (χ0n) is 18.6. The molecule has 1 aliphatic heterocycles. The number of benzene rings is 2. The molecule has 33 heavy (non-hydrogen) atoms. The van der Waals surface area contributed by atoms with Gasteiger partial charge in [-0.15, -0.1) is 0 Å². The van der Waals surface area contributed by atoms with Gasteiger partial charge in [-0.05, 0) is 54.4 Å². The third-order valence-electron chi connectivity index (χ3n) is 5.57. The number of anilines is 3. The molecule has 9 heteroatoms. The number of nitriles is 1. The topological polar surface area (TPSA) is 129 Å². The number of nitrogens with one attached hydrogen (secondary N) is 2. The molecule has 4 N–H and O–H groups in total. The normalized spacial score (nSPS) is 13.0. The summed E-state index contributed by atoms with van der Waals surface area (Å²) in [6.07, 6.45) is 2.37. The van der Waals surface area contributed by atoms with Crippen LogP contribution >= 0.6 is 0 Å². The van der Waals surface area contributed by atoms with Crippen LogP contribution in [0, 0.1) is 11.3 Å². The van der Waals surface area contributed by atoms with Crippen LogP contribution in [0.4, 0.5) is 17.5 Å². The van der Waals surface area contributed by atoms with Crippen LogP contribution in [0.2, 0.25) is 0 Å². The SMILES string of the molecule is COc1cc2c(cc1Nc1ncc(C(N)=O)c(NCc3ccc(C#N)cc3)n1)CN(C)CC2. The molecule has 0 radical (unpaired) electrons. The fraction of sp³-hybridized carbons (Fsp3) is 0.250. The summed E-state index contributed by atoms with van der Waals surface area (Å²) in [6, 6.07) is 13.3. The van der Waals surface area contributed by atoms with Crippen LogP contribution in [-0.2, 0) is 19.5 Å². The lowest BCUT2D eigenvalue weighted by molar-refractivity contribution is 0.100. The van der Waals surface area contributed by atoms with Crippen molar-refractivity contribution in [3.63, 3.8) is 0 Å². The summed E-state index contributed by atoms with van der Waals surface area (Å²) >= 11 is 0. The predicted molar refractivity (Wildman–Crippen MR) is 125 cm³/mol. The highest BCUT2D eigenvalue weighted by Gasteiger charge is 2.18. The second-order valence-corrected chi connectivity index (χ2v) is 7.92. The average molecular weight is 444 g/mol. The number of aromatic nitrogens is 2. The number of fused-ring (bicyclic) bond motifs is 1. The highest BCUT2D eigenvalue weighted by molar-refractivity contribution is 5.97. The Morgan fingerprint density at radius 1 is 1.27 bits per heavy atom. The number of carbonyl (C=O) groups is 1. The highest BCUT2D eigenvalue weighted by atomic mass is 16.5. The number of amides is 1. The first-order valence-electron chi connectivity index (χ1n) is 10.5. The van der Waals surface area contributed by atoms with Gasteiger partial charge in [-0.1, -0.05) is 12.1 Å². The Morgan fingerprint density at radius 3 is 2.76 bits per heavy atom. The van der Waals surface area contributed by atoms with Gasteiger partial charge < -0.3 is 26.0 Å². The molecule has 1 aliphatic rings. The lowest BCUT2D eigenvalue weighted by Crippen LogP contribution is -2.26. The summed E-state index contributed by atoms with van der Waals surface area (Å²) in [6.45, 7) is 2.26. The fourth-order valence-electron chi connectivity index (χ4n) is 3.75. The summed E-state index contributed by atoms with van der Waals surface area (Å²) in [5.74, 6) is 0.706. The molecule has 0 saturated heterocycles. The number of methoxy groups -OCH3 is 1. The van der Waals surface area contributed by atoms with Crippen LogP contribution < -0.4 is 21.1 Å². The predicted octanol–water partition coefficient (Wildman–Crippen LogP) is 2.80. The Hall–Kier alpha value is -4.16. The number of hydrogen-bond donors (Lipinski definition) is 3. The van der Waals surface area contributed by atoms with Crippen molar-refractivity contribution in [3.05, 3.63) is 70.4 Å². The molecule has 3 aromatic rings. The van der Waals surface area contributed by atoms with Crippen molar-refractivity contribution in [1.82, 2.24) is 14.9 Å². The number of nitrogens with two attached hydrogens (primary N) is 1. The molecule has 0 unspecified atom stereocenters. The molecule has 2 heterocycles. The standard InChI is InChI=1S/C24H25N7O2/c1-31-8-7-17-10-21(33-2)20(9-18(17)14-31)29-24-28-13-19(22(26)32)23(30-24)27-12-16-5-3-15(11-25)4-6-16/h3-6,9-10,13H,7-8,12,14H2,1-2H3,(H2,26,32)(H2,27,28,29,30). The highest BCUT2D eigenvalue weighted by Crippen LogP contribution is 2.33. The molecule has 4 rings (SSSR count). The number of ether oxygens (including phenoxy) is 1. The first-order chi connectivity index (χ1) is 16.0. The third-order valence-corrected chi connectivity index (χ3v) is 5.57. The van der Waals surface area contributed by atoms with Crippen molar-refractivity contribution in [2.75, 3.05) is 31.3 Å². The van der Waals surface area contributed by atoms with E-state index in [2.05, 4.69) is 44.7 Å². The maximum Gasteiger partial charge on any atom is 0.254 e. The first kappa shape index (κ1) is 22.0. The summed E-state index contributed by atoms with van der Waals surface area (Å²) in [4.78, 5) is 22.9. The van der Waals surface area contributed by atoms with E-state index in [0.29, 0.717) is 29.6 Å². The Labute approximate surface area is 192 Å². The number of hydrogen-bond acceptors (Lipinski definition) is 8. The zero-order valence-corrected chi connectivity index (χ0v) is 18.6. The van der Waals surface area contributed by atoms with Gasteiger partial charge in [0.1, 0.15) is 11.6 Å². The molecule has 0 saturated carbocycles. The largest absolute Gasteiger partial charge is 0.495 e. The second kappa shape index (κ2) is 9.54. The van der Waals surface area contributed by atoms with Gasteiger partial charge in [-0.25, -0.2) is 4.98 Å². The van der Waals surface area contributed by atoms with Crippen molar-refractivity contribution < 1.29 is 9.53 Å². The Kier molecular flexibility index (Phi) is 6.38. The minimum atomic E-state index is -0.627. The van der Waals surface area contributed by atoms with Gasteiger partial charge in [-0.2, -0.15) is 10.2 Å². The second-order valence-electron chi connectivity index (χ2n) is 7.92. The Bertz CT molecular complexity index is 1220. The van der Waals surface area contributed by atoms with Gasteiger partial charge in [-0.3, -0.25) is 4.79 Å². The summed E-state index contributed by atoms with van der Waals surface area (Å²) < 4.78 is 5.58. The van der Waals surface area contributed by atoms with Crippen molar-refractivity contribution in [1.29, 1.82) is 5.26 Å². The number of carbonyl (C=O) groups excluding carboxylic acids is 1. The summed E-state index contributed by atoms with van der Waals surface area (Å²) in [7, 11) is 3.72. The third kappa shape index (κ3) is 5.02. The first-order valence-corrected chi connectivity index (χ1v) is 10.5. The van der Waals surface area contributed by atoms with E-state index in [1.807, 2.05) is 18.2 Å². The van der Waals surface area contributed by atoms with Crippen molar-refractivity contribution in [3.8, 4) is 11.8 Å². The van der Waals surface area contributed by atoms with Gasteiger partial charge in [0.05, 0.1) is 30.0 Å². The smallest absolute Gasteiger partial charge is 0.254 e. The van der Waals surface area contributed by atoms with E-state index >= 15 is 0 Å². The molecule has 0 spiro atoms. The number of nitrogens with zero attached hydrogens (tertiary/aromatic N) is 4. The maximum absolute atomic E-state index is 11.9. The number of rotatable bonds is 7. The average Bonchev–Trinajstić information content (AvgIpc) is 2.82. The van der Waals surface area contributed by atoms with E-state index in [9.17, 15) is 4.79 Å². The van der Waals surface area contributed by atoms with E-state index in [4.69, 9.17) is 15.7 Å². The molecule has 168 valence electrons. The Balaban J connectivity index is 1.59. The molecule has 1 aromatic heterocycles. The van der Waals surface area contributed by atoms with E-state index in [-0.39, 0.29) is 5.56 Å². The van der Waals surface area contributed by atoms with Crippen LogP contribution in [0.5, 0.6) is 5.75 Å². The summed E-state index contributed by atoms with van der Waals surface area (Å²) in [5, 5.41) is 15.3. The lowest BCUT2D eigenvalue weighted by atomic mass is 9.99. The van der Waals surface area contributed by atoms with Crippen molar-refractivity contribution >= 4 is 23.4 Å². The number of likely N-dealkylation sites (N-methyl/N-ethyl adjacent to an activating group) is 1. The van der Waals surface area contributed by atoms with Gasteiger partial charge in [0.15, 0.2) is 0 Å². The molecule has 0 fully saturated rings. The van der Waals surface area contributed by atoms with Crippen LogP contribution in [0.25, 0.3) is 0 Å². The van der Waals surface area contributed by atoms with Crippen LogP contribution in [-0.4, -0.2) is 41.5 Å². The molecule has 1 amide bonds. The molecule has 0 bridgehead atoms. The van der Waals surface area contributed by atoms with E-state index in [1.165, 1.54) is 17.3 Å². The fourth-order valence-corrected chi connectivity index (χ4v) is 3.75. The van der Waals surface area contributed by atoms with Gasteiger partial charge in [0, 0.05) is 25.8 Å². The monoisotopic (exact) mass is 443 g/mol. The van der Waals surface area contributed by atoms with Crippen molar-refractivity contribution in [2.45, 2.75) is 19.5 Å². The van der Waals surface area contributed by atoms with Crippen LogP contribution in [0.3, 0.4) is 0 Å². The molecule has 0 aliphatic carbocycles. The molecule has 2 aromatic carbocycles. The maximum atomic E-state index is 11.9. The minimum absolute atomic E-state index is 0.188. The lowest BCUT2D eigenvalue weighted by Gasteiger charge is -2.26. The van der Waals surface area contributed by atoms with Crippen LogP contribution in [0.1, 0.15) is 32.6 Å². The quantitative estimate of drug-likeness (QED) is 0.508. The minimum Gasteiger partial charge on any atom is -0.495 e. The molecule has 9 nitrogen and oxygen atoms in total. The van der Waals surface area contributed by atoms with Crippen molar-refractivity contribution in [2.24, 2.45) is 5.73 Å². The molecule has 0 atom stereocenters. The van der Waals surface area contributed by atoms with E-state index in [1.54, 1.807) is 19.2 Å². The molecular weight excluding hydrogens is 418 g/mol. The van der Waals surface area contributed by atoms with E-state index in [0.717, 1.165) is 30.8 Å². The van der Waals surface area contributed by atoms with Gasteiger partial charge >= 0.3 is 0 Å². The van der Waals surface area contributed by atoms with Gasteiger partial charge in [0.2, 0.25) is 5.95 Å². The van der Waals surface area contributed by atoms with E-state index < -0.39 is 5.91 Å². The van der Waals surface area contributed by atoms with Crippen LogP contribution in [0.15, 0.2) is 42.6 Å². The zero-order chi connectivity index (χ0) is 23.4.